The number of hydrogen-bond donors (Lipinski definition) is 0. The van der Waals surface area contributed by atoms with Crippen molar-refractivity contribution in [3.05, 3.63) is 54.1 Å². The average Bonchev–Trinajstić information content (AvgIpc) is 2.80. The molecule has 7 heteroatoms. The Morgan fingerprint density at radius 1 is 1.00 bits per heavy atom. The minimum Gasteiger partial charge on any atom is -0.378 e. The number of fused-ring (bicyclic) bond motifs is 1. The molecule has 3 aromatic heterocycles. The van der Waals surface area contributed by atoms with Crippen LogP contribution in [-0.2, 0) is 4.74 Å². The van der Waals surface area contributed by atoms with Gasteiger partial charge < -0.3 is 9.64 Å². The standard InChI is InChI=1S/C22H22N6O/c1-15-14-24-20(16-6-3-2-4-7-16)26-18(15)21-25-17-8-5-9-23-19(17)22(27-21)28-10-12-29-13-11-28/h3,5-9,14H,2,4,10-13H2,1H3. The van der Waals surface area contributed by atoms with Crippen molar-refractivity contribution in [3.63, 3.8) is 0 Å². The molecule has 0 atom stereocenters. The minimum atomic E-state index is 0.605. The van der Waals surface area contributed by atoms with E-state index in [0.717, 1.165) is 59.6 Å². The summed E-state index contributed by atoms with van der Waals surface area (Å²) in [6, 6.07) is 3.87. The maximum absolute atomic E-state index is 5.51. The van der Waals surface area contributed by atoms with E-state index in [4.69, 9.17) is 19.7 Å². The molecule has 1 fully saturated rings. The first kappa shape index (κ1) is 17.9. The molecule has 0 bridgehead atoms. The smallest absolute Gasteiger partial charge is 0.181 e. The Kier molecular flexibility index (Phi) is 4.73. The minimum absolute atomic E-state index is 0.605. The van der Waals surface area contributed by atoms with Crippen molar-refractivity contribution in [1.82, 2.24) is 24.9 Å². The molecule has 0 unspecified atom stereocenters. The van der Waals surface area contributed by atoms with Crippen LogP contribution in [0.4, 0.5) is 5.82 Å². The first-order valence-corrected chi connectivity index (χ1v) is 9.96. The van der Waals surface area contributed by atoms with Gasteiger partial charge in [-0.3, -0.25) is 4.98 Å². The maximum Gasteiger partial charge on any atom is 0.181 e. The molecule has 146 valence electrons. The molecule has 7 nitrogen and oxygen atoms in total. The predicted molar refractivity (Wildman–Crippen MR) is 112 cm³/mol. The maximum atomic E-state index is 5.51. The molecule has 3 aromatic rings. The number of anilines is 1. The Labute approximate surface area is 169 Å². The van der Waals surface area contributed by atoms with Gasteiger partial charge in [0.2, 0.25) is 0 Å². The molecule has 1 saturated heterocycles. The summed E-state index contributed by atoms with van der Waals surface area (Å²) in [5.74, 6) is 2.16. The van der Waals surface area contributed by atoms with E-state index in [9.17, 15) is 0 Å². The first-order valence-electron chi connectivity index (χ1n) is 9.96. The SMILES string of the molecule is Cc1cnc(C2=CCCC=C2)nc1-c1nc(N2CCOCC2)c2ncccc2n1. The normalized spacial score (nSPS) is 16.9. The second kappa shape index (κ2) is 7.67. The molecule has 4 heterocycles. The number of aromatic nitrogens is 5. The average molecular weight is 386 g/mol. The second-order valence-electron chi connectivity index (χ2n) is 7.21. The van der Waals surface area contributed by atoms with Crippen LogP contribution in [0.15, 0.2) is 42.8 Å². The molecular weight excluding hydrogens is 364 g/mol. The van der Waals surface area contributed by atoms with Crippen molar-refractivity contribution >= 4 is 22.4 Å². The molecule has 0 amide bonds. The summed E-state index contributed by atoms with van der Waals surface area (Å²) in [4.78, 5) is 25.8. The Hall–Kier alpha value is -3.19. The highest BCUT2D eigenvalue weighted by Crippen LogP contribution is 2.28. The molecule has 2 aliphatic rings. The highest BCUT2D eigenvalue weighted by atomic mass is 16.5. The van der Waals surface area contributed by atoms with Gasteiger partial charge in [-0.1, -0.05) is 18.2 Å². The van der Waals surface area contributed by atoms with E-state index in [1.807, 2.05) is 25.3 Å². The first-order chi connectivity index (χ1) is 14.3. The lowest BCUT2D eigenvalue weighted by Gasteiger charge is -2.28. The summed E-state index contributed by atoms with van der Waals surface area (Å²) in [5, 5.41) is 0. The Morgan fingerprint density at radius 3 is 2.72 bits per heavy atom. The van der Waals surface area contributed by atoms with Gasteiger partial charge in [0.15, 0.2) is 17.5 Å². The van der Waals surface area contributed by atoms with Crippen LogP contribution >= 0.6 is 0 Å². The van der Waals surface area contributed by atoms with Gasteiger partial charge in [-0.05, 0) is 37.5 Å². The molecule has 0 spiro atoms. The summed E-state index contributed by atoms with van der Waals surface area (Å²) in [6.45, 7) is 4.94. The monoisotopic (exact) mass is 386 g/mol. The third-order valence-electron chi connectivity index (χ3n) is 5.18. The van der Waals surface area contributed by atoms with Gasteiger partial charge in [0.05, 0.1) is 18.7 Å². The van der Waals surface area contributed by atoms with Crippen molar-refractivity contribution < 1.29 is 4.74 Å². The number of nitrogens with zero attached hydrogens (tertiary/aromatic N) is 6. The molecule has 5 rings (SSSR count). The van der Waals surface area contributed by atoms with E-state index in [1.165, 1.54) is 0 Å². The lowest BCUT2D eigenvalue weighted by molar-refractivity contribution is 0.122. The van der Waals surface area contributed by atoms with E-state index >= 15 is 0 Å². The number of hydrogen-bond acceptors (Lipinski definition) is 7. The molecule has 0 N–H and O–H groups in total. The largest absolute Gasteiger partial charge is 0.378 e. The molecule has 1 aliphatic heterocycles. The van der Waals surface area contributed by atoms with Crippen LogP contribution < -0.4 is 4.90 Å². The van der Waals surface area contributed by atoms with E-state index in [-0.39, 0.29) is 0 Å². The Bertz CT molecular complexity index is 1120. The number of rotatable bonds is 3. The zero-order valence-electron chi connectivity index (χ0n) is 16.4. The Balaban J connectivity index is 1.65. The number of aryl methyl sites for hydroxylation is 1. The van der Waals surface area contributed by atoms with Crippen molar-refractivity contribution in [1.29, 1.82) is 0 Å². The predicted octanol–water partition coefficient (Wildman–Crippen LogP) is 3.36. The summed E-state index contributed by atoms with van der Waals surface area (Å²) in [6.07, 6.45) is 12.1. The zero-order chi connectivity index (χ0) is 19.6. The van der Waals surface area contributed by atoms with Gasteiger partial charge in [0, 0.05) is 31.1 Å². The van der Waals surface area contributed by atoms with Gasteiger partial charge in [0.25, 0.3) is 0 Å². The van der Waals surface area contributed by atoms with Crippen LogP contribution in [0.25, 0.3) is 28.1 Å². The van der Waals surface area contributed by atoms with Crippen molar-refractivity contribution in [2.75, 3.05) is 31.2 Å². The third-order valence-corrected chi connectivity index (χ3v) is 5.18. The van der Waals surface area contributed by atoms with Gasteiger partial charge in [-0.2, -0.15) is 0 Å². The van der Waals surface area contributed by atoms with E-state index in [1.54, 1.807) is 6.20 Å². The highest BCUT2D eigenvalue weighted by Gasteiger charge is 2.20. The van der Waals surface area contributed by atoms with Gasteiger partial charge in [0.1, 0.15) is 11.2 Å². The van der Waals surface area contributed by atoms with Crippen LogP contribution in [0.1, 0.15) is 24.2 Å². The van der Waals surface area contributed by atoms with Gasteiger partial charge in [-0.15, -0.1) is 0 Å². The summed E-state index contributed by atoms with van der Waals surface area (Å²) in [7, 11) is 0. The molecule has 0 aromatic carbocycles. The van der Waals surface area contributed by atoms with E-state index in [2.05, 4.69) is 33.1 Å². The van der Waals surface area contributed by atoms with Crippen molar-refractivity contribution in [2.45, 2.75) is 19.8 Å². The van der Waals surface area contributed by atoms with Crippen LogP contribution in [-0.4, -0.2) is 51.2 Å². The number of allylic oxidation sites excluding steroid dienone is 4. The fourth-order valence-corrected chi connectivity index (χ4v) is 3.64. The molecular formula is C22H22N6O. The molecule has 1 aliphatic carbocycles. The molecule has 0 radical (unpaired) electrons. The lowest BCUT2D eigenvalue weighted by Crippen LogP contribution is -2.37. The number of ether oxygens (including phenoxy) is 1. The Morgan fingerprint density at radius 2 is 1.90 bits per heavy atom. The second-order valence-corrected chi connectivity index (χ2v) is 7.21. The molecule has 29 heavy (non-hydrogen) atoms. The lowest BCUT2D eigenvalue weighted by atomic mass is 10.1. The highest BCUT2D eigenvalue weighted by molar-refractivity contribution is 5.87. The molecule has 0 saturated carbocycles. The van der Waals surface area contributed by atoms with Crippen LogP contribution in [0, 0.1) is 6.92 Å². The fraction of sp³-hybridized carbons (Fsp3) is 0.318. The van der Waals surface area contributed by atoms with Crippen LogP contribution in [0.5, 0.6) is 0 Å². The quantitative estimate of drug-likeness (QED) is 0.683. The van der Waals surface area contributed by atoms with Crippen LogP contribution in [0.3, 0.4) is 0 Å². The summed E-state index contributed by atoms with van der Waals surface area (Å²) >= 11 is 0. The number of pyridine rings is 1. The zero-order valence-corrected chi connectivity index (χ0v) is 16.4. The van der Waals surface area contributed by atoms with Crippen LogP contribution in [0.2, 0.25) is 0 Å². The fourth-order valence-electron chi connectivity index (χ4n) is 3.64. The van der Waals surface area contributed by atoms with Crippen molar-refractivity contribution in [2.24, 2.45) is 0 Å². The van der Waals surface area contributed by atoms with Gasteiger partial charge in [-0.25, -0.2) is 19.9 Å². The van der Waals surface area contributed by atoms with E-state index < -0.39 is 0 Å². The summed E-state index contributed by atoms with van der Waals surface area (Å²) < 4.78 is 5.51. The number of morpholine rings is 1. The van der Waals surface area contributed by atoms with Crippen molar-refractivity contribution in [3.8, 4) is 11.5 Å². The summed E-state index contributed by atoms with van der Waals surface area (Å²) in [5.41, 5.74) is 4.38. The topological polar surface area (TPSA) is 76.9 Å². The van der Waals surface area contributed by atoms with Gasteiger partial charge >= 0.3 is 0 Å². The van der Waals surface area contributed by atoms with E-state index in [0.29, 0.717) is 24.9 Å². The third kappa shape index (κ3) is 3.49.